The summed E-state index contributed by atoms with van der Waals surface area (Å²) < 4.78 is 5.26. The van der Waals surface area contributed by atoms with Crippen LogP contribution in [0.1, 0.15) is 49.2 Å². The van der Waals surface area contributed by atoms with Crippen LogP contribution in [0.15, 0.2) is 78.9 Å². The maximum Gasteiger partial charge on any atom is 0.258 e. The molecule has 0 saturated carbocycles. The molecule has 5 nitrogen and oxygen atoms in total. The second-order valence-corrected chi connectivity index (χ2v) is 8.76. The van der Waals surface area contributed by atoms with Crippen LogP contribution in [0, 0.1) is 5.92 Å². The van der Waals surface area contributed by atoms with Crippen LogP contribution in [-0.2, 0) is 4.79 Å². The number of nitrogens with zero attached hydrogens (tertiary/aromatic N) is 2. The average Bonchev–Trinajstić information content (AvgIpc) is 2.84. The Morgan fingerprint density at radius 2 is 1.58 bits per heavy atom. The molecule has 3 aromatic carbocycles. The molecular weight excluding hydrogens is 412 g/mol. The van der Waals surface area contributed by atoms with Gasteiger partial charge in [0.25, 0.3) is 5.91 Å². The maximum atomic E-state index is 13.9. The van der Waals surface area contributed by atoms with Gasteiger partial charge in [-0.3, -0.25) is 9.59 Å². The summed E-state index contributed by atoms with van der Waals surface area (Å²) in [5.74, 6) is 0.612. The summed E-state index contributed by atoms with van der Waals surface area (Å²) >= 11 is 0. The molecule has 4 rings (SSSR count). The molecule has 33 heavy (non-hydrogen) atoms. The minimum Gasteiger partial charge on any atom is -0.497 e. The first-order valence-corrected chi connectivity index (χ1v) is 11.4. The van der Waals surface area contributed by atoms with E-state index in [-0.39, 0.29) is 29.8 Å². The Bertz CT molecular complexity index is 1130. The zero-order chi connectivity index (χ0) is 23.5. The Morgan fingerprint density at radius 3 is 2.21 bits per heavy atom. The number of carbonyl (C=O) groups is 2. The van der Waals surface area contributed by atoms with Crippen molar-refractivity contribution in [2.24, 2.45) is 5.92 Å². The summed E-state index contributed by atoms with van der Waals surface area (Å²) in [6.45, 7) is 5.91. The number of ether oxygens (including phenoxy) is 1. The first-order valence-electron chi connectivity index (χ1n) is 11.4. The average molecular weight is 443 g/mol. The summed E-state index contributed by atoms with van der Waals surface area (Å²) in [5.41, 5.74) is 3.28. The third-order valence-corrected chi connectivity index (χ3v) is 6.19. The normalized spacial score (nSPS) is 17.4. The Hall–Kier alpha value is -3.60. The number of para-hydroxylation sites is 2. The third-order valence-electron chi connectivity index (χ3n) is 6.19. The summed E-state index contributed by atoms with van der Waals surface area (Å²) in [7, 11) is 1.61. The number of anilines is 2. The molecule has 0 aliphatic carbocycles. The second-order valence-electron chi connectivity index (χ2n) is 8.76. The van der Waals surface area contributed by atoms with Crippen molar-refractivity contribution in [3.63, 3.8) is 0 Å². The Morgan fingerprint density at radius 1 is 0.939 bits per heavy atom. The van der Waals surface area contributed by atoms with Gasteiger partial charge in [0.1, 0.15) is 5.75 Å². The SMILES string of the molecule is COc1ccc(C(=O)N(c2ccccc2)[C@@H]2C[C@H](C)N(C(=O)C(C)C)c3ccccc32)cc1. The van der Waals surface area contributed by atoms with Crippen molar-refractivity contribution < 1.29 is 14.3 Å². The smallest absolute Gasteiger partial charge is 0.258 e. The van der Waals surface area contributed by atoms with Crippen molar-refractivity contribution in [2.75, 3.05) is 16.9 Å². The second kappa shape index (κ2) is 9.49. The Balaban J connectivity index is 1.82. The number of methoxy groups -OCH3 is 1. The Kier molecular flexibility index (Phi) is 6.50. The van der Waals surface area contributed by atoms with Crippen LogP contribution in [0.3, 0.4) is 0 Å². The molecular formula is C28H30N2O3. The van der Waals surface area contributed by atoms with E-state index in [0.717, 1.165) is 16.9 Å². The number of hydrogen-bond donors (Lipinski definition) is 0. The number of hydrogen-bond acceptors (Lipinski definition) is 3. The number of amides is 2. The van der Waals surface area contributed by atoms with Crippen LogP contribution >= 0.6 is 0 Å². The van der Waals surface area contributed by atoms with E-state index in [1.807, 2.05) is 78.2 Å². The van der Waals surface area contributed by atoms with E-state index in [0.29, 0.717) is 17.7 Å². The quantitative estimate of drug-likeness (QED) is 0.497. The highest BCUT2D eigenvalue weighted by atomic mass is 16.5. The topological polar surface area (TPSA) is 49.9 Å². The van der Waals surface area contributed by atoms with Crippen molar-refractivity contribution in [3.05, 3.63) is 90.0 Å². The van der Waals surface area contributed by atoms with Gasteiger partial charge in [-0.1, -0.05) is 50.2 Å². The molecule has 1 aliphatic rings. The lowest BCUT2D eigenvalue weighted by Crippen LogP contribution is -2.49. The largest absolute Gasteiger partial charge is 0.497 e. The van der Waals surface area contributed by atoms with Crippen molar-refractivity contribution in [3.8, 4) is 5.75 Å². The molecule has 0 unspecified atom stereocenters. The predicted octanol–water partition coefficient (Wildman–Crippen LogP) is 5.86. The first-order chi connectivity index (χ1) is 15.9. The van der Waals surface area contributed by atoms with E-state index in [2.05, 4.69) is 6.92 Å². The lowest BCUT2D eigenvalue weighted by atomic mass is 9.88. The molecule has 0 radical (unpaired) electrons. The molecule has 170 valence electrons. The summed E-state index contributed by atoms with van der Waals surface area (Å²) in [6, 6.07) is 24.6. The molecule has 1 heterocycles. The fourth-order valence-corrected chi connectivity index (χ4v) is 4.54. The zero-order valence-corrected chi connectivity index (χ0v) is 19.6. The van der Waals surface area contributed by atoms with Crippen LogP contribution in [-0.4, -0.2) is 25.0 Å². The lowest BCUT2D eigenvalue weighted by molar-refractivity contribution is -0.122. The van der Waals surface area contributed by atoms with Crippen molar-refractivity contribution in [2.45, 2.75) is 39.3 Å². The van der Waals surface area contributed by atoms with Crippen LogP contribution < -0.4 is 14.5 Å². The minimum absolute atomic E-state index is 0.0466. The summed E-state index contributed by atoms with van der Waals surface area (Å²) in [6.07, 6.45) is 0.645. The number of carbonyl (C=O) groups excluding carboxylic acids is 2. The van der Waals surface area contributed by atoms with E-state index >= 15 is 0 Å². The first kappa shape index (κ1) is 22.6. The van der Waals surface area contributed by atoms with E-state index in [9.17, 15) is 9.59 Å². The zero-order valence-electron chi connectivity index (χ0n) is 19.6. The summed E-state index contributed by atoms with van der Waals surface area (Å²) in [5, 5.41) is 0. The maximum absolute atomic E-state index is 13.9. The standard InChI is InChI=1S/C28H30N2O3/c1-19(2)27(31)29-20(3)18-26(24-12-8-9-13-25(24)29)30(22-10-6-5-7-11-22)28(32)21-14-16-23(33-4)17-15-21/h5-17,19-20,26H,18H2,1-4H3/t20-,26+/m0/s1. The molecule has 1 aliphatic heterocycles. The monoisotopic (exact) mass is 442 g/mol. The molecule has 0 spiro atoms. The van der Waals surface area contributed by atoms with Crippen molar-refractivity contribution >= 4 is 23.2 Å². The van der Waals surface area contributed by atoms with Crippen LogP contribution in [0.2, 0.25) is 0 Å². The fraction of sp³-hybridized carbons (Fsp3) is 0.286. The van der Waals surface area contributed by atoms with Gasteiger partial charge in [0.15, 0.2) is 0 Å². The lowest BCUT2D eigenvalue weighted by Gasteiger charge is -2.44. The number of benzene rings is 3. The molecule has 2 amide bonds. The van der Waals surface area contributed by atoms with Crippen LogP contribution in [0.4, 0.5) is 11.4 Å². The van der Waals surface area contributed by atoms with Gasteiger partial charge >= 0.3 is 0 Å². The predicted molar refractivity (Wildman–Crippen MR) is 132 cm³/mol. The van der Waals surface area contributed by atoms with Gasteiger partial charge in [-0.15, -0.1) is 0 Å². The van der Waals surface area contributed by atoms with E-state index in [1.165, 1.54) is 0 Å². The molecule has 0 aromatic heterocycles. The van der Waals surface area contributed by atoms with E-state index in [4.69, 9.17) is 4.74 Å². The molecule has 0 saturated heterocycles. The Labute approximate surface area is 195 Å². The number of rotatable bonds is 5. The minimum atomic E-state index is -0.204. The highest BCUT2D eigenvalue weighted by Crippen LogP contribution is 2.43. The van der Waals surface area contributed by atoms with E-state index < -0.39 is 0 Å². The highest BCUT2D eigenvalue weighted by Gasteiger charge is 2.39. The molecule has 5 heteroatoms. The van der Waals surface area contributed by atoms with Crippen LogP contribution in [0.5, 0.6) is 5.75 Å². The molecule has 0 N–H and O–H groups in total. The molecule has 0 fully saturated rings. The van der Waals surface area contributed by atoms with Crippen molar-refractivity contribution in [1.82, 2.24) is 0 Å². The fourth-order valence-electron chi connectivity index (χ4n) is 4.54. The highest BCUT2D eigenvalue weighted by molar-refractivity contribution is 6.07. The van der Waals surface area contributed by atoms with E-state index in [1.54, 1.807) is 31.4 Å². The van der Waals surface area contributed by atoms with Crippen molar-refractivity contribution in [1.29, 1.82) is 0 Å². The molecule has 0 bridgehead atoms. The van der Waals surface area contributed by atoms with Gasteiger partial charge in [-0.25, -0.2) is 0 Å². The van der Waals surface area contributed by atoms with Gasteiger partial charge in [-0.05, 0) is 61.4 Å². The van der Waals surface area contributed by atoms with Gasteiger partial charge in [-0.2, -0.15) is 0 Å². The number of fused-ring (bicyclic) bond motifs is 1. The van der Waals surface area contributed by atoms with Gasteiger partial charge in [0.2, 0.25) is 5.91 Å². The van der Waals surface area contributed by atoms with Gasteiger partial charge in [0, 0.05) is 28.9 Å². The molecule has 2 atom stereocenters. The third kappa shape index (κ3) is 4.36. The van der Waals surface area contributed by atoms with Gasteiger partial charge < -0.3 is 14.5 Å². The van der Waals surface area contributed by atoms with Gasteiger partial charge in [0.05, 0.1) is 13.2 Å². The summed E-state index contributed by atoms with van der Waals surface area (Å²) in [4.78, 5) is 30.7. The molecule has 3 aromatic rings. The van der Waals surface area contributed by atoms with Crippen LogP contribution in [0.25, 0.3) is 0 Å².